The van der Waals surface area contributed by atoms with Crippen LogP contribution in [0, 0.1) is 5.92 Å². The second-order valence-electron chi connectivity index (χ2n) is 5.14. The maximum atomic E-state index is 9.18. The van der Waals surface area contributed by atoms with Gasteiger partial charge >= 0.3 is 0 Å². The lowest BCUT2D eigenvalue weighted by molar-refractivity contribution is 0.170. The number of rotatable bonds is 6. The summed E-state index contributed by atoms with van der Waals surface area (Å²) in [6.45, 7) is 6.32. The van der Waals surface area contributed by atoms with Crippen LogP contribution in [0.25, 0.3) is 0 Å². The largest absolute Gasteiger partial charge is 0.486 e. The fraction of sp³-hybridized carbons (Fsp3) is 0.600. The van der Waals surface area contributed by atoms with E-state index in [-0.39, 0.29) is 18.6 Å². The smallest absolute Gasteiger partial charge is 0.162 e. The Kier molecular flexibility index (Phi) is 5.57. The van der Waals surface area contributed by atoms with Gasteiger partial charge in [0.25, 0.3) is 0 Å². The van der Waals surface area contributed by atoms with Gasteiger partial charge < -0.3 is 19.9 Å². The van der Waals surface area contributed by atoms with Gasteiger partial charge in [-0.15, -0.1) is 11.8 Å². The highest BCUT2D eigenvalue weighted by atomic mass is 32.2. The van der Waals surface area contributed by atoms with Crippen molar-refractivity contribution in [1.29, 1.82) is 0 Å². The summed E-state index contributed by atoms with van der Waals surface area (Å²) in [5.41, 5.74) is 1.21. The predicted molar refractivity (Wildman–Crippen MR) is 81.8 cm³/mol. The van der Waals surface area contributed by atoms with Crippen LogP contribution in [-0.2, 0) is 6.54 Å². The molecule has 2 unspecified atom stereocenters. The molecular weight excluding hydrogens is 274 g/mol. The van der Waals surface area contributed by atoms with Crippen molar-refractivity contribution in [3.63, 3.8) is 0 Å². The van der Waals surface area contributed by atoms with Gasteiger partial charge in [-0.1, -0.05) is 6.92 Å². The summed E-state index contributed by atoms with van der Waals surface area (Å²) < 4.78 is 11.2. The second-order valence-corrected chi connectivity index (χ2v) is 5.99. The van der Waals surface area contributed by atoms with Crippen molar-refractivity contribution in [2.75, 3.05) is 26.1 Å². The molecule has 20 heavy (non-hydrogen) atoms. The molecule has 0 bridgehead atoms. The van der Waals surface area contributed by atoms with Crippen molar-refractivity contribution < 1.29 is 14.6 Å². The van der Waals surface area contributed by atoms with E-state index in [1.807, 2.05) is 6.92 Å². The van der Waals surface area contributed by atoms with Gasteiger partial charge in [-0.25, -0.2) is 0 Å². The third-order valence-corrected chi connectivity index (χ3v) is 4.52. The fourth-order valence-electron chi connectivity index (χ4n) is 2.07. The number of aliphatic hydroxyl groups excluding tert-OH is 1. The van der Waals surface area contributed by atoms with Crippen LogP contribution in [0.3, 0.4) is 0 Å². The number of fused-ring (bicyclic) bond motifs is 1. The van der Waals surface area contributed by atoms with Crippen molar-refractivity contribution in [3.8, 4) is 11.5 Å². The summed E-state index contributed by atoms with van der Waals surface area (Å²) in [4.78, 5) is 1.20. The topological polar surface area (TPSA) is 50.7 Å². The van der Waals surface area contributed by atoms with Crippen molar-refractivity contribution in [2.24, 2.45) is 5.92 Å². The first-order valence-corrected chi connectivity index (χ1v) is 8.19. The average Bonchev–Trinajstić information content (AvgIpc) is 2.50. The first kappa shape index (κ1) is 15.5. The van der Waals surface area contributed by atoms with Crippen molar-refractivity contribution in [3.05, 3.63) is 17.7 Å². The molecule has 1 heterocycles. The van der Waals surface area contributed by atoms with E-state index in [4.69, 9.17) is 9.47 Å². The molecule has 2 N–H and O–H groups in total. The van der Waals surface area contributed by atoms with Gasteiger partial charge in [0, 0.05) is 24.1 Å². The molecule has 0 aliphatic carbocycles. The maximum absolute atomic E-state index is 9.18. The van der Waals surface area contributed by atoms with Crippen molar-refractivity contribution in [1.82, 2.24) is 5.32 Å². The highest BCUT2D eigenvalue weighted by Crippen LogP contribution is 2.36. The molecule has 0 saturated carbocycles. The van der Waals surface area contributed by atoms with Crippen LogP contribution in [0.1, 0.15) is 19.4 Å². The third kappa shape index (κ3) is 3.59. The van der Waals surface area contributed by atoms with Crippen LogP contribution in [0.4, 0.5) is 0 Å². The van der Waals surface area contributed by atoms with Crippen LogP contribution in [-0.4, -0.2) is 37.2 Å². The summed E-state index contributed by atoms with van der Waals surface area (Å²) in [5.74, 6) is 1.90. The van der Waals surface area contributed by atoms with Gasteiger partial charge in [-0.2, -0.15) is 0 Å². The summed E-state index contributed by atoms with van der Waals surface area (Å²) in [6.07, 6.45) is 2.06. The zero-order valence-electron chi connectivity index (χ0n) is 12.3. The lowest BCUT2D eigenvalue weighted by Gasteiger charge is -2.23. The molecule has 1 aromatic carbocycles. The molecule has 5 heteroatoms. The molecule has 0 radical (unpaired) electrons. The van der Waals surface area contributed by atoms with E-state index >= 15 is 0 Å². The predicted octanol–water partition coefficient (Wildman–Crippen LogP) is 2.29. The highest BCUT2D eigenvalue weighted by molar-refractivity contribution is 7.98. The molecular formula is C15H23NO3S. The molecule has 1 aliphatic heterocycles. The second kappa shape index (κ2) is 7.20. The van der Waals surface area contributed by atoms with E-state index in [2.05, 4.69) is 30.6 Å². The molecule has 112 valence electrons. The molecule has 1 aromatic rings. The Labute approximate surface area is 124 Å². The van der Waals surface area contributed by atoms with E-state index < -0.39 is 0 Å². The Morgan fingerprint density at radius 3 is 2.50 bits per heavy atom. The molecule has 0 amide bonds. The number of nitrogens with one attached hydrogen (secondary N) is 1. The quantitative estimate of drug-likeness (QED) is 0.789. The molecule has 2 rings (SSSR count). The molecule has 0 fully saturated rings. The minimum absolute atomic E-state index is 0.199. The number of hydrogen-bond donors (Lipinski definition) is 2. The van der Waals surface area contributed by atoms with Gasteiger partial charge in [0.15, 0.2) is 11.5 Å². The summed E-state index contributed by atoms with van der Waals surface area (Å²) >= 11 is 1.71. The lowest BCUT2D eigenvalue weighted by atomic mass is 10.0. The maximum Gasteiger partial charge on any atom is 0.162 e. The SMILES string of the molecule is CSc1cc2c(cc1CNC(C)C(C)CO)OCCO2. The van der Waals surface area contributed by atoms with Gasteiger partial charge in [-0.05, 0) is 36.8 Å². The van der Waals surface area contributed by atoms with E-state index in [0.717, 1.165) is 18.0 Å². The van der Waals surface area contributed by atoms with Crippen LogP contribution in [0.2, 0.25) is 0 Å². The number of aliphatic hydroxyl groups is 1. The van der Waals surface area contributed by atoms with E-state index in [0.29, 0.717) is 13.2 Å². The summed E-state index contributed by atoms with van der Waals surface area (Å²) in [5, 5.41) is 12.6. The Balaban J connectivity index is 2.10. The average molecular weight is 297 g/mol. The van der Waals surface area contributed by atoms with Crippen LogP contribution < -0.4 is 14.8 Å². The lowest BCUT2D eigenvalue weighted by Crippen LogP contribution is -2.33. The van der Waals surface area contributed by atoms with Crippen molar-refractivity contribution >= 4 is 11.8 Å². The molecule has 1 aliphatic rings. The first-order valence-electron chi connectivity index (χ1n) is 6.96. The number of thioether (sulfide) groups is 1. The zero-order chi connectivity index (χ0) is 14.5. The Bertz CT molecular complexity index is 453. The monoisotopic (exact) mass is 297 g/mol. The Hall–Kier alpha value is -0.910. The molecule has 4 nitrogen and oxygen atoms in total. The number of ether oxygens (including phenoxy) is 2. The van der Waals surface area contributed by atoms with Gasteiger partial charge in [0.05, 0.1) is 0 Å². The van der Waals surface area contributed by atoms with Gasteiger partial charge in [0.2, 0.25) is 0 Å². The van der Waals surface area contributed by atoms with Gasteiger partial charge in [-0.3, -0.25) is 0 Å². The Morgan fingerprint density at radius 1 is 1.25 bits per heavy atom. The van der Waals surface area contributed by atoms with Crippen LogP contribution in [0.15, 0.2) is 17.0 Å². The van der Waals surface area contributed by atoms with Gasteiger partial charge in [0.1, 0.15) is 13.2 Å². The van der Waals surface area contributed by atoms with E-state index in [9.17, 15) is 5.11 Å². The molecule has 2 atom stereocenters. The first-order chi connectivity index (χ1) is 9.65. The number of benzene rings is 1. The van der Waals surface area contributed by atoms with Crippen LogP contribution in [0.5, 0.6) is 11.5 Å². The fourth-order valence-corrected chi connectivity index (χ4v) is 2.69. The molecule has 0 spiro atoms. The standard InChI is InChI=1S/C15H23NO3S/c1-10(9-17)11(2)16-8-12-6-13-14(7-15(12)20-3)19-5-4-18-13/h6-7,10-11,16-17H,4-5,8-9H2,1-3H3. The van der Waals surface area contributed by atoms with E-state index in [1.165, 1.54) is 10.5 Å². The normalized spacial score (nSPS) is 16.8. The Morgan fingerprint density at radius 2 is 1.90 bits per heavy atom. The third-order valence-electron chi connectivity index (χ3n) is 3.70. The zero-order valence-corrected chi connectivity index (χ0v) is 13.1. The molecule has 0 aromatic heterocycles. The van der Waals surface area contributed by atoms with Crippen molar-refractivity contribution in [2.45, 2.75) is 31.3 Å². The van der Waals surface area contributed by atoms with E-state index in [1.54, 1.807) is 11.8 Å². The molecule has 0 saturated heterocycles. The highest BCUT2D eigenvalue weighted by Gasteiger charge is 2.17. The minimum atomic E-state index is 0.199. The van der Waals surface area contributed by atoms with Crippen LogP contribution >= 0.6 is 11.8 Å². The minimum Gasteiger partial charge on any atom is -0.486 e. The summed E-state index contributed by atoms with van der Waals surface area (Å²) in [7, 11) is 0. The summed E-state index contributed by atoms with van der Waals surface area (Å²) in [6, 6.07) is 4.38. The number of hydrogen-bond acceptors (Lipinski definition) is 5.